The van der Waals surface area contributed by atoms with Crippen LogP contribution in [0.1, 0.15) is 24.7 Å². The first-order valence-corrected chi connectivity index (χ1v) is 5.77. The van der Waals surface area contributed by atoms with Gasteiger partial charge in [0.05, 0.1) is 11.0 Å². The Balaban J connectivity index is 2.15. The molecule has 0 unspecified atom stereocenters. The highest BCUT2D eigenvalue weighted by Crippen LogP contribution is 2.40. The normalized spacial score (nSPS) is 16.4. The predicted molar refractivity (Wildman–Crippen MR) is 62.2 cm³/mol. The van der Waals surface area contributed by atoms with Crippen molar-refractivity contribution in [1.29, 1.82) is 0 Å². The summed E-state index contributed by atoms with van der Waals surface area (Å²) in [5.41, 5.74) is 7.52. The van der Waals surface area contributed by atoms with Crippen molar-refractivity contribution in [1.82, 2.24) is 9.55 Å². The molecule has 1 fully saturated rings. The standard InChI is InChI=1S/C12H12F3N3/c13-12(14,15)6-11-17-9-4-1-7(16)5-10(9)18(11)8-2-3-8/h1,4-5,8H,2-3,6,16H2. The average Bonchev–Trinajstić information content (AvgIpc) is 3.00. The number of fused-ring (bicyclic) bond motifs is 1. The Morgan fingerprint density at radius 1 is 1.33 bits per heavy atom. The first-order valence-electron chi connectivity index (χ1n) is 5.77. The fourth-order valence-corrected chi connectivity index (χ4v) is 2.20. The molecule has 1 saturated carbocycles. The third-order valence-corrected chi connectivity index (χ3v) is 3.06. The number of hydrogen-bond acceptors (Lipinski definition) is 2. The molecule has 0 saturated heterocycles. The van der Waals surface area contributed by atoms with Gasteiger partial charge in [-0.1, -0.05) is 0 Å². The van der Waals surface area contributed by atoms with Gasteiger partial charge in [-0.25, -0.2) is 4.98 Å². The summed E-state index contributed by atoms with van der Waals surface area (Å²) in [7, 11) is 0. The van der Waals surface area contributed by atoms with Crippen LogP contribution in [0.2, 0.25) is 0 Å². The summed E-state index contributed by atoms with van der Waals surface area (Å²) in [6.07, 6.45) is -3.41. The first-order chi connectivity index (χ1) is 8.44. The molecule has 1 aliphatic rings. The van der Waals surface area contributed by atoms with E-state index in [1.165, 1.54) is 0 Å². The minimum absolute atomic E-state index is 0.0885. The Labute approximate surface area is 101 Å². The van der Waals surface area contributed by atoms with Crippen LogP contribution in [0.5, 0.6) is 0 Å². The Hall–Kier alpha value is -1.72. The SMILES string of the molecule is Nc1ccc2nc(CC(F)(F)F)n(C3CC3)c2c1. The maximum Gasteiger partial charge on any atom is 0.396 e. The summed E-state index contributed by atoms with van der Waals surface area (Å²) < 4.78 is 39.3. The summed E-state index contributed by atoms with van der Waals surface area (Å²) in [5, 5.41) is 0. The average molecular weight is 255 g/mol. The van der Waals surface area contributed by atoms with Crippen LogP contribution in [-0.4, -0.2) is 15.7 Å². The molecule has 1 aromatic carbocycles. The molecule has 1 heterocycles. The number of imidazole rings is 1. The van der Waals surface area contributed by atoms with Crippen molar-refractivity contribution >= 4 is 16.7 Å². The molecule has 0 bridgehead atoms. The molecule has 3 rings (SSSR count). The number of halogens is 3. The van der Waals surface area contributed by atoms with Crippen molar-refractivity contribution in [2.45, 2.75) is 31.5 Å². The Kier molecular flexibility index (Phi) is 2.30. The molecule has 1 aliphatic carbocycles. The van der Waals surface area contributed by atoms with Crippen LogP contribution in [0.15, 0.2) is 18.2 Å². The molecule has 2 N–H and O–H groups in total. The topological polar surface area (TPSA) is 43.8 Å². The van der Waals surface area contributed by atoms with Gasteiger partial charge >= 0.3 is 6.18 Å². The van der Waals surface area contributed by atoms with Gasteiger partial charge < -0.3 is 10.3 Å². The molecule has 96 valence electrons. The van der Waals surface area contributed by atoms with Crippen LogP contribution in [0.4, 0.5) is 18.9 Å². The van der Waals surface area contributed by atoms with Gasteiger partial charge in [-0.05, 0) is 31.0 Å². The summed E-state index contributed by atoms with van der Waals surface area (Å²) in [4.78, 5) is 4.09. The van der Waals surface area contributed by atoms with Gasteiger partial charge in [-0.15, -0.1) is 0 Å². The highest BCUT2D eigenvalue weighted by molar-refractivity contribution is 5.80. The quantitative estimate of drug-likeness (QED) is 0.838. The van der Waals surface area contributed by atoms with Crippen LogP contribution in [0.25, 0.3) is 11.0 Å². The lowest BCUT2D eigenvalue weighted by atomic mass is 10.3. The number of nitrogens with zero attached hydrogens (tertiary/aromatic N) is 2. The second-order valence-electron chi connectivity index (χ2n) is 4.67. The van der Waals surface area contributed by atoms with Crippen molar-refractivity contribution < 1.29 is 13.2 Å². The van der Waals surface area contributed by atoms with E-state index in [1.807, 2.05) is 0 Å². The van der Waals surface area contributed by atoms with E-state index in [0.717, 1.165) is 12.8 Å². The third kappa shape index (κ3) is 2.02. The van der Waals surface area contributed by atoms with Crippen LogP contribution in [-0.2, 0) is 6.42 Å². The largest absolute Gasteiger partial charge is 0.399 e. The number of benzene rings is 1. The van der Waals surface area contributed by atoms with Crippen molar-refractivity contribution in [3.63, 3.8) is 0 Å². The van der Waals surface area contributed by atoms with Gasteiger partial charge in [-0.3, -0.25) is 0 Å². The molecule has 3 nitrogen and oxygen atoms in total. The molecule has 1 aromatic heterocycles. The zero-order chi connectivity index (χ0) is 12.9. The van der Waals surface area contributed by atoms with Gasteiger partial charge in [0.1, 0.15) is 12.2 Å². The molecule has 0 amide bonds. The van der Waals surface area contributed by atoms with Gasteiger partial charge in [-0.2, -0.15) is 13.2 Å². The number of hydrogen-bond donors (Lipinski definition) is 1. The van der Waals surface area contributed by atoms with E-state index in [1.54, 1.807) is 22.8 Å². The fourth-order valence-electron chi connectivity index (χ4n) is 2.20. The number of alkyl halides is 3. The second kappa shape index (κ2) is 3.63. The van der Waals surface area contributed by atoms with Gasteiger partial charge in [0.2, 0.25) is 0 Å². The lowest BCUT2D eigenvalue weighted by Gasteiger charge is -2.09. The van der Waals surface area contributed by atoms with Crippen LogP contribution < -0.4 is 5.73 Å². The van der Waals surface area contributed by atoms with E-state index < -0.39 is 12.6 Å². The zero-order valence-electron chi connectivity index (χ0n) is 9.54. The number of anilines is 1. The Bertz CT molecular complexity index is 596. The molecule has 0 aliphatic heterocycles. The number of aromatic nitrogens is 2. The lowest BCUT2D eigenvalue weighted by Crippen LogP contribution is -2.16. The van der Waals surface area contributed by atoms with Crippen molar-refractivity contribution in [2.24, 2.45) is 0 Å². The smallest absolute Gasteiger partial charge is 0.396 e. The van der Waals surface area contributed by atoms with Gasteiger partial charge in [0, 0.05) is 11.7 Å². The van der Waals surface area contributed by atoms with Crippen molar-refractivity contribution in [3.8, 4) is 0 Å². The molecule has 0 atom stereocenters. The van der Waals surface area contributed by atoms with E-state index in [-0.39, 0.29) is 11.9 Å². The summed E-state index contributed by atoms with van der Waals surface area (Å²) in [6.45, 7) is 0. The van der Waals surface area contributed by atoms with Gasteiger partial charge in [0.25, 0.3) is 0 Å². The Morgan fingerprint density at radius 3 is 2.67 bits per heavy atom. The number of nitrogen functional groups attached to an aromatic ring is 1. The summed E-state index contributed by atoms with van der Waals surface area (Å²) in [5.74, 6) is 0.0885. The maximum absolute atomic E-state index is 12.5. The van der Waals surface area contributed by atoms with Crippen LogP contribution in [0, 0.1) is 0 Å². The van der Waals surface area contributed by atoms with E-state index in [4.69, 9.17) is 5.73 Å². The van der Waals surface area contributed by atoms with E-state index in [2.05, 4.69) is 4.98 Å². The molecule has 18 heavy (non-hydrogen) atoms. The van der Waals surface area contributed by atoms with Crippen LogP contribution >= 0.6 is 0 Å². The molecule has 2 aromatic rings. The molecule has 0 radical (unpaired) electrons. The van der Waals surface area contributed by atoms with E-state index in [0.29, 0.717) is 16.7 Å². The number of rotatable bonds is 2. The maximum atomic E-state index is 12.5. The third-order valence-electron chi connectivity index (χ3n) is 3.06. The van der Waals surface area contributed by atoms with Crippen molar-refractivity contribution in [2.75, 3.05) is 5.73 Å². The molecule has 0 spiro atoms. The second-order valence-corrected chi connectivity index (χ2v) is 4.67. The molecule has 6 heteroatoms. The van der Waals surface area contributed by atoms with Crippen molar-refractivity contribution in [3.05, 3.63) is 24.0 Å². The van der Waals surface area contributed by atoms with Gasteiger partial charge in [0.15, 0.2) is 0 Å². The molecular formula is C12H12F3N3. The minimum atomic E-state index is -4.24. The summed E-state index contributed by atoms with van der Waals surface area (Å²) >= 11 is 0. The highest BCUT2D eigenvalue weighted by Gasteiger charge is 2.34. The minimum Gasteiger partial charge on any atom is -0.399 e. The lowest BCUT2D eigenvalue weighted by molar-refractivity contribution is -0.128. The predicted octanol–water partition coefficient (Wildman–Crippen LogP) is 3.06. The van der Waals surface area contributed by atoms with E-state index >= 15 is 0 Å². The first kappa shape index (κ1) is 11.4. The monoisotopic (exact) mass is 255 g/mol. The van der Waals surface area contributed by atoms with E-state index in [9.17, 15) is 13.2 Å². The number of nitrogens with two attached hydrogens (primary N) is 1. The van der Waals surface area contributed by atoms with Crippen LogP contribution in [0.3, 0.4) is 0 Å². The highest BCUT2D eigenvalue weighted by atomic mass is 19.4. The zero-order valence-corrected chi connectivity index (χ0v) is 9.54. The summed E-state index contributed by atoms with van der Waals surface area (Å²) in [6, 6.07) is 5.17. The molecular weight excluding hydrogens is 243 g/mol. The fraction of sp³-hybridized carbons (Fsp3) is 0.417. The Morgan fingerprint density at radius 2 is 2.06 bits per heavy atom.